The second kappa shape index (κ2) is 13.5. The second-order valence-corrected chi connectivity index (χ2v) is 14.3. The fourth-order valence-corrected chi connectivity index (χ4v) is 8.22. The van der Waals surface area contributed by atoms with Crippen LogP contribution in [0.1, 0.15) is 0 Å². The number of nitrogens with zero attached hydrogens (tertiary/aromatic N) is 5. The Hall–Kier alpha value is -7.76. The third-order valence-electron chi connectivity index (χ3n) is 10.9. The number of pyridine rings is 4. The SMILES string of the molecule is c1ccc(-c2nc3c(-c4ccc(-c5cc(-c6ccccn6)nc(-c6ccccn6)c5)cc4)cccc3c3cc4c(cc23)c2ccccc2n4-c2ccccc2)cc1. The monoisotopic (exact) mass is 727 g/mol. The van der Waals surface area contributed by atoms with E-state index in [1.54, 1.807) is 12.4 Å². The average molecular weight is 728 g/mol. The summed E-state index contributed by atoms with van der Waals surface area (Å²) in [6.07, 6.45) is 3.60. The third-order valence-corrected chi connectivity index (χ3v) is 10.9. The van der Waals surface area contributed by atoms with E-state index in [2.05, 4.69) is 166 Å². The molecule has 0 radical (unpaired) electrons. The van der Waals surface area contributed by atoms with Crippen molar-refractivity contribution in [1.29, 1.82) is 0 Å². The first-order valence-corrected chi connectivity index (χ1v) is 19.1. The van der Waals surface area contributed by atoms with Gasteiger partial charge in [0.1, 0.15) is 0 Å². The van der Waals surface area contributed by atoms with Gasteiger partial charge in [-0.1, -0.05) is 121 Å². The molecule has 57 heavy (non-hydrogen) atoms. The lowest BCUT2D eigenvalue weighted by Crippen LogP contribution is -1.95. The van der Waals surface area contributed by atoms with Crippen molar-refractivity contribution in [2.24, 2.45) is 0 Å². The normalized spacial score (nSPS) is 11.5. The standard InChI is InChI=1S/C52H33N5/c1-3-14-36(15-4-1)51-44-32-43-40-18-7-8-23-49(40)57(38-16-5-2-6-17-38)50(43)33-42(44)41-20-13-19-39(52(41)56-51)35-26-24-34(25-27-35)37-30-47(45-21-9-11-28-53-45)55-48(31-37)46-22-10-12-29-54-46/h1-33H. The lowest BCUT2D eigenvalue weighted by atomic mass is 9.94. The minimum Gasteiger partial charge on any atom is -0.309 e. The van der Waals surface area contributed by atoms with Gasteiger partial charge in [-0.15, -0.1) is 0 Å². The van der Waals surface area contributed by atoms with Crippen molar-refractivity contribution in [2.45, 2.75) is 0 Å². The lowest BCUT2D eigenvalue weighted by molar-refractivity contribution is 1.18. The number of para-hydroxylation sites is 3. The van der Waals surface area contributed by atoms with Gasteiger partial charge in [0.15, 0.2) is 0 Å². The van der Waals surface area contributed by atoms with Gasteiger partial charge < -0.3 is 4.57 Å². The topological polar surface area (TPSA) is 56.5 Å². The van der Waals surface area contributed by atoms with Crippen molar-refractivity contribution >= 4 is 43.5 Å². The van der Waals surface area contributed by atoms with Crippen molar-refractivity contribution in [2.75, 3.05) is 0 Å². The Labute approximate surface area is 329 Å². The summed E-state index contributed by atoms with van der Waals surface area (Å²) >= 11 is 0. The molecule has 0 bridgehead atoms. The van der Waals surface area contributed by atoms with Gasteiger partial charge in [-0.3, -0.25) is 9.97 Å². The highest BCUT2D eigenvalue weighted by Crippen LogP contribution is 2.42. The van der Waals surface area contributed by atoms with Crippen LogP contribution in [0.25, 0.3) is 105 Å². The zero-order valence-corrected chi connectivity index (χ0v) is 30.8. The number of fused-ring (bicyclic) bond motifs is 6. The minimum absolute atomic E-state index is 0.803. The van der Waals surface area contributed by atoms with Crippen molar-refractivity contribution < 1.29 is 0 Å². The van der Waals surface area contributed by atoms with Crippen LogP contribution in [0.5, 0.6) is 0 Å². The maximum atomic E-state index is 5.54. The van der Waals surface area contributed by atoms with Crippen molar-refractivity contribution in [3.8, 4) is 62.0 Å². The lowest BCUT2D eigenvalue weighted by Gasteiger charge is -2.15. The predicted molar refractivity (Wildman–Crippen MR) is 234 cm³/mol. The maximum Gasteiger partial charge on any atom is 0.0900 e. The Morgan fingerprint density at radius 1 is 0.333 bits per heavy atom. The van der Waals surface area contributed by atoms with Gasteiger partial charge in [-0.2, -0.15) is 0 Å². The molecule has 0 N–H and O–H groups in total. The summed E-state index contributed by atoms with van der Waals surface area (Å²) in [6, 6.07) is 66.0. The highest BCUT2D eigenvalue weighted by Gasteiger charge is 2.19. The molecule has 5 heterocycles. The van der Waals surface area contributed by atoms with Crippen LogP contribution in [0.15, 0.2) is 200 Å². The molecule has 0 saturated heterocycles. The first kappa shape index (κ1) is 32.7. The van der Waals surface area contributed by atoms with E-state index in [1.165, 1.54) is 27.2 Å². The molecule has 5 nitrogen and oxygen atoms in total. The Bertz CT molecular complexity index is 3190. The van der Waals surface area contributed by atoms with Crippen LogP contribution in [0.2, 0.25) is 0 Å². The zero-order chi connectivity index (χ0) is 37.7. The molecule has 0 aliphatic rings. The summed E-state index contributed by atoms with van der Waals surface area (Å²) in [6.45, 7) is 0. The molecule has 5 aromatic heterocycles. The maximum absolute atomic E-state index is 5.54. The summed E-state index contributed by atoms with van der Waals surface area (Å²) < 4.78 is 2.39. The fourth-order valence-electron chi connectivity index (χ4n) is 8.22. The Balaban J connectivity index is 1.11. The van der Waals surface area contributed by atoms with Crippen molar-refractivity contribution in [3.05, 3.63) is 200 Å². The Morgan fingerprint density at radius 3 is 1.67 bits per heavy atom. The molecule has 0 unspecified atom stereocenters. The van der Waals surface area contributed by atoms with Gasteiger partial charge in [0, 0.05) is 50.8 Å². The number of rotatable bonds is 6. The molecule has 5 heteroatoms. The number of benzene rings is 6. The van der Waals surface area contributed by atoms with Gasteiger partial charge in [0.2, 0.25) is 0 Å². The molecule has 6 aromatic carbocycles. The van der Waals surface area contributed by atoms with E-state index in [-0.39, 0.29) is 0 Å². The Morgan fingerprint density at radius 2 is 0.965 bits per heavy atom. The van der Waals surface area contributed by atoms with Gasteiger partial charge in [-0.05, 0) is 88.8 Å². The van der Waals surface area contributed by atoms with Crippen LogP contribution >= 0.6 is 0 Å². The summed E-state index contributed by atoms with van der Waals surface area (Å²) in [4.78, 5) is 19.7. The van der Waals surface area contributed by atoms with Gasteiger partial charge >= 0.3 is 0 Å². The van der Waals surface area contributed by atoms with E-state index >= 15 is 0 Å². The zero-order valence-electron chi connectivity index (χ0n) is 30.8. The molecule has 0 amide bonds. The van der Waals surface area contributed by atoms with Crippen molar-refractivity contribution in [1.82, 2.24) is 24.5 Å². The molecule has 0 spiro atoms. The summed E-state index contributed by atoms with van der Waals surface area (Å²) in [5, 5.41) is 5.85. The third kappa shape index (κ3) is 5.64. The minimum atomic E-state index is 0.803. The number of hydrogen-bond acceptors (Lipinski definition) is 4. The first-order chi connectivity index (χ1) is 28.3. The highest BCUT2D eigenvalue weighted by atomic mass is 15.0. The number of aromatic nitrogens is 5. The van der Waals surface area contributed by atoms with Crippen LogP contribution in [-0.2, 0) is 0 Å². The average Bonchev–Trinajstić information content (AvgIpc) is 3.62. The Kier molecular flexibility index (Phi) is 7.74. The van der Waals surface area contributed by atoms with Crippen LogP contribution in [0, 0.1) is 0 Å². The van der Waals surface area contributed by atoms with E-state index in [1.807, 2.05) is 36.4 Å². The molecule has 0 saturated carbocycles. The summed E-state index contributed by atoms with van der Waals surface area (Å²) in [5.41, 5.74) is 14.1. The molecular weight excluding hydrogens is 695 g/mol. The van der Waals surface area contributed by atoms with Crippen LogP contribution in [0.4, 0.5) is 0 Å². The highest BCUT2D eigenvalue weighted by molar-refractivity contribution is 6.21. The van der Waals surface area contributed by atoms with E-state index in [4.69, 9.17) is 9.97 Å². The van der Waals surface area contributed by atoms with Gasteiger partial charge in [-0.25, -0.2) is 9.97 Å². The van der Waals surface area contributed by atoms with Crippen LogP contribution < -0.4 is 0 Å². The smallest absolute Gasteiger partial charge is 0.0900 e. The van der Waals surface area contributed by atoms with Gasteiger partial charge in [0.25, 0.3) is 0 Å². The van der Waals surface area contributed by atoms with E-state index in [0.717, 1.165) is 78.3 Å². The molecular formula is C52H33N5. The van der Waals surface area contributed by atoms with Gasteiger partial charge in [0.05, 0.1) is 45.0 Å². The largest absolute Gasteiger partial charge is 0.309 e. The molecule has 266 valence electrons. The molecule has 0 atom stereocenters. The van der Waals surface area contributed by atoms with E-state index in [9.17, 15) is 0 Å². The predicted octanol–water partition coefficient (Wildman–Crippen LogP) is 13.0. The fraction of sp³-hybridized carbons (Fsp3) is 0. The first-order valence-electron chi connectivity index (χ1n) is 19.1. The molecule has 0 aliphatic heterocycles. The summed E-state index contributed by atoms with van der Waals surface area (Å²) in [5.74, 6) is 0. The van der Waals surface area contributed by atoms with Crippen LogP contribution in [0.3, 0.4) is 0 Å². The molecule has 0 fully saturated rings. The summed E-state index contributed by atoms with van der Waals surface area (Å²) in [7, 11) is 0. The number of hydrogen-bond donors (Lipinski definition) is 0. The quantitative estimate of drug-likeness (QED) is 0.160. The second-order valence-electron chi connectivity index (χ2n) is 14.3. The molecule has 11 aromatic rings. The van der Waals surface area contributed by atoms with E-state index < -0.39 is 0 Å². The molecule has 11 rings (SSSR count). The van der Waals surface area contributed by atoms with E-state index in [0.29, 0.717) is 0 Å². The molecule has 0 aliphatic carbocycles. The van der Waals surface area contributed by atoms with Crippen LogP contribution in [-0.4, -0.2) is 24.5 Å². The van der Waals surface area contributed by atoms with Crippen molar-refractivity contribution in [3.63, 3.8) is 0 Å².